The standard InChI is InChI=1S/C11H23N3O/c1-11(2,3)13-10(15)8-14-6-4-9(12)5-7-14/h9H,4-8,12H2,1-3H3,(H,13,15). The van der Waals surface area contributed by atoms with Gasteiger partial charge in [-0.25, -0.2) is 0 Å². The third-order valence-corrected chi connectivity index (χ3v) is 2.51. The average molecular weight is 213 g/mol. The molecule has 0 aromatic heterocycles. The second kappa shape index (κ2) is 4.94. The fraction of sp³-hybridized carbons (Fsp3) is 0.909. The zero-order chi connectivity index (χ0) is 11.5. The number of carbonyl (C=O) groups is 1. The topological polar surface area (TPSA) is 58.4 Å². The van der Waals surface area contributed by atoms with Crippen molar-refractivity contribution in [2.24, 2.45) is 5.73 Å². The molecule has 1 aliphatic rings. The predicted octanol–water partition coefficient (Wildman–Crippen LogP) is 0.324. The molecule has 1 rings (SSSR count). The van der Waals surface area contributed by atoms with E-state index in [0.717, 1.165) is 25.9 Å². The first-order valence-corrected chi connectivity index (χ1v) is 5.66. The van der Waals surface area contributed by atoms with Crippen molar-refractivity contribution in [1.82, 2.24) is 10.2 Å². The SMILES string of the molecule is CC(C)(C)NC(=O)CN1CCC(N)CC1. The zero-order valence-electron chi connectivity index (χ0n) is 10.0. The van der Waals surface area contributed by atoms with Gasteiger partial charge in [0.2, 0.25) is 5.91 Å². The maximum absolute atomic E-state index is 11.6. The summed E-state index contributed by atoms with van der Waals surface area (Å²) in [4.78, 5) is 13.8. The summed E-state index contributed by atoms with van der Waals surface area (Å²) in [6, 6.07) is 0.326. The second-order valence-electron chi connectivity index (χ2n) is 5.41. The van der Waals surface area contributed by atoms with Crippen LogP contribution in [0.4, 0.5) is 0 Å². The van der Waals surface area contributed by atoms with Crippen LogP contribution in [-0.2, 0) is 4.79 Å². The van der Waals surface area contributed by atoms with Crippen molar-refractivity contribution in [2.45, 2.75) is 45.2 Å². The molecule has 15 heavy (non-hydrogen) atoms. The molecule has 1 amide bonds. The van der Waals surface area contributed by atoms with E-state index in [-0.39, 0.29) is 11.4 Å². The largest absolute Gasteiger partial charge is 0.350 e. The number of hydrogen-bond acceptors (Lipinski definition) is 3. The normalized spacial score (nSPS) is 20.3. The first-order valence-electron chi connectivity index (χ1n) is 5.66. The van der Waals surface area contributed by atoms with Crippen LogP contribution in [-0.4, -0.2) is 42.0 Å². The van der Waals surface area contributed by atoms with Gasteiger partial charge in [0.25, 0.3) is 0 Å². The van der Waals surface area contributed by atoms with E-state index in [9.17, 15) is 4.79 Å². The maximum Gasteiger partial charge on any atom is 0.234 e. The van der Waals surface area contributed by atoms with Gasteiger partial charge in [0.15, 0.2) is 0 Å². The summed E-state index contributed by atoms with van der Waals surface area (Å²) < 4.78 is 0. The molecule has 0 spiro atoms. The van der Waals surface area contributed by atoms with Gasteiger partial charge in [0, 0.05) is 24.7 Å². The average Bonchev–Trinajstić information content (AvgIpc) is 2.05. The monoisotopic (exact) mass is 213 g/mol. The maximum atomic E-state index is 11.6. The Bertz CT molecular complexity index is 214. The molecular formula is C11H23N3O. The fourth-order valence-electron chi connectivity index (χ4n) is 1.77. The van der Waals surface area contributed by atoms with E-state index in [4.69, 9.17) is 5.73 Å². The predicted molar refractivity (Wildman–Crippen MR) is 61.5 cm³/mol. The molecule has 88 valence electrons. The first-order chi connectivity index (χ1) is 6.87. The quantitative estimate of drug-likeness (QED) is 0.695. The number of nitrogens with zero attached hydrogens (tertiary/aromatic N) is 1. The lowest BCUT2D eigenvalue weighted by molar-refractivity contribution is -0.123. The minimum absolute atomic E-state index is 0.109. The molecule has 1 fully saturated rings. The summed E-state index contributed by atoms with van der Waals surface area (Å²) in [7, 11) is 0. The van der Waals surface area contributed by atoms with Gasteiger partial charge in [-0.1, -0.05) is 0 Å². The van der Waals surface area contributed by atoms with Crippen molar-refractivity contribution in [3.8, 4) is 0 Å². The van der Waals surface area contributed by atoms with E-state index in [2.05, 4.69) is 10.2 Å². The molecule has 4 heteroatoms. The highest BCUT2D eigenvalue weighted by molar-refractivity contribution is 5.78. The Labute approximate surface area is 92.2 Å². The third kappa shape index (κ3) is 5.14. The Morgan fingerprint density at radius 2 is 1.93 bits per heavy atom. The highest BCUT2D eigenvalue weighted by Crippen LogP contribution is 2.07. The molecule has 1 aliphatic heterocycles. The Morgan fingerprint density at radius 1 is 1.40 bits per heavy atom. The van der Waals surface area contributed by atoms with Crippen LogP contribution in [0.2, 0.25) is 0 Å². The summed E-state index contributed by atoms with van der Waals surface area (Å²) in [6.45, 7) is 8.38. The van der Waals surface area contributed by atoms with Crippen LogP contribution in [0.1, 0.15) is 33.6 Å². The second-order valence-corrected chi connectivity index (χ2v) is 5.41. The molecule has 0 atom stereocenters. The van der Waals surface area contributed by atoms with Crippen LogP contribution in [0.25, 0.3) is 0 Å². The molecule has 0 aromatic carbocycles. The fourth-order valence-corrected chi connectivity index (χ4v) is 1.77. The van der Waals surface area contributed by atoms with E-state index in [0.29, 0.717) is 12.6 Å². The summed E-state index contributed by atoms with van der Waals surface area (Å²) in [5.74, 6) is 0.109. The van der Waals surface area contributed by atoms with Crippen molar-refractivity contribution in [2.75, 3.05) is 19.6 Å². The van der Waals surface area contributed by atoms with Crippen molar-refractivity contribution in [3.63, 3.8) is 0 Å². The number of likely N-dealkylation sites (tertiary alicyclic amines) is 1. The number of amides is 1. The van der Waals surface area contributed by atoms with Gasteiger partial charge < -0.3 is 11.1 Å². The van der Waals surface area contributed by atoms with Crippen molar-refractivity contribution < 1.29 is 4.79 Å². The molecule has 3 N–H and O–H groups in total. The number of carbonyl (C=O) groups excluding carboxylic acids is 1. The van der Waals surface area contributed by atoms with Crippen LogP contribution >= 0.6 is 0 Å². The molecule has 0 saturated carbocycles. The third-order valence-electron chi connectivity index (χ3n) is 2.51. The van der Waals surface area contributed by atoms with Gasteiger partial charge in [-0.05, 0) is 33.6 Å². The minimum atomic E-state index is -0.136. The van der Waals surface area contributed by atoms with Gasteiger partial charge in [0.05, 0.1) is 6.54 Å². The number of rotatable bonds is 2. The summed E-state index contributed by atoms with van der Waals surface area (Å²) in [6.07, 6.45) is 2.01. The zero-order valence-corrected chi connectivity index (χ0v) is 10.0. The number of hydrogen-bond donors (Lipinski definition) is 2. The van der Waals surface area contributed by atoms with Gasteiger partial charge in [-0.15, -0.1) is 0 Å². The summed E-state index contributed by atoms with van der Waals surface area (Å²) >= 11 is 0. The van der Waals surface area contributed by atoms with E-state index in [1.165, 1.54) is 0 Å². The molecule has 1 heterocycles. The lowest BCUT2D eigenvalue weighted by atomic mass is 10.1. The Balaban J connectivity index is 2.27. The molecule has 4 nitrogen and oxygen atoms in total. The number of nitrogens with one attached hydrogen (secondary N) is 1. The summed E-state index contributed by atoms with van der Waals surface area (Å²) in [5.41, 5.74) is 5.67. The molecule has 1 saturated heterocycles. The van der Waals surface area contributed by atoms with E-state index < -0.39 is 0 Å². The first kappa shape index (κ1) is 12.5. The van der Waals surface area contributed by atoms with Gasteiger partial charge in [-0.3, -0.25) is 9.69 Å². The van der Waals surface area contributed by atoms with Crippen LogP contribution in [0, 0.1) is 0 Å². The van der Waals surface area contributed by atoms with Crippen molar-refractivity contribution >= 4 is 5.91 Å². The molecule has 0 aromatic rings. The lowest BCUT2D eigenvalue weighted by Crippen LogP contribution is -2.48. The highest BCUT2D eigenvalue weighted by Gasteiger charge is 2.20. The molecular weight excluding hydrogens is 190 g/mol. The van der Waals surface area contributed by atoms with Crippen molar-refractivity contribution in [3.05, 3.63) is 0 Å². The summed E-state index contributed by atoms with van der Waals surface area (Å²) in [5, 5.41) is 2.97. The highest BCUT2D eigenvalue weighted by atomic mass is 16.2. The van der Waals surface area contributed by atoms with Gasteiger partial charge in [0.1, 0.15) is 0 Å². The van der Waals surface area contributed by atoms with Crippen LogP contribution in [0.15, 0.2) is 0 Å². The molecule has 0 radical (unpaired) electrons. The van der Waals surface area contributed by atoms with E-state index in [1.807, 2.05) is 20.8 Å². The minimum Gasteiger partial charge on any atom is -0.350 e. The van der Waals surface area contributed by atoms with Crippen LogP contribution in [0.3, 0.4) is 0 Å². The number of nitrogens with two attached hydrogens (primary N) is 1. The molecule has 0 unspecified atom stereocenters. The van der Waals surface area contributed by atoms with Crippen molar-refractivity contribution in [1.29, 1.82) is 0 Å². The van der Waals surface area contributed by atoms with Gasteiger partial charge in [-0.2, -0.15) is 0 Å². The van der Waals surface area contributed by atoms with E-state index >= 15 is 0 Å². The van der Waals surface area contributed by atoms with Crippen LogP contribution < -0.4 is 11.1 Å². The Morgan fingerprint density at radius 3 is 2.40 bits per heavy atom. The molecule has 0 bridgehead atoms. The lowest BCUT2D eigenvalue weighted by Gasteiger charge is -2.30. The van der Waals surface area contributed by atoms with Crippen LogP contribution in [0.5, 0.6) is 0 Å². The van der Waals surface area contributed by atoms with Gasteiger partial charge >= 0.3 is 0 Å². The Kier molecular flexibility index (Phi) is 4.11. The van der Waals surface area contributed by atoms with E-state index in [1.54, 1.807) is 0 Å². The molecule has 0 aliphatic carbocycles. The smallest absolute Gasteiger partial charge is 0.234 e. The number of piperidine rings is 1. The Hall–Kier alpha value is -0.610.